The zero-order valence-electron chi connectivity index (χ0n) is 19.6. The maximum Gasteiger partial charge on any atom is 0.344 e. The number of benzene rings is 2. The molecule has 0 aliphatic carbocycles. The highest BCUT2D eigenvalue weighted by molar-refractivity contribution is 7.93. The Morgan fingerprint density at radius 2 is 1.61 bits per heavy atom. The number of aliphatic hydroxyl groups excluding tert-OH is 1. The SMILES string of the molecule is Cl.O=C(c1ccc(-c2ccccn2)cc1)[NH+]1CCN(S(=O)(=O)/C(=C\c2ccccc2)CCO)CC1.[Cl-]. The van der Waals surface area contributed by atoms with Crippen molar-refractivity contribution in [2.45, 2.75) is 6.42 Å². The lowest BCUT2D eigenvalue weighted by Gasteiger charge is -2.30. The lowest BCUT2D eigenvalue weighted by molar-refractivity contribution is -0.818. The minimum Gasteiger partial charge on any atom is -1.00 e. The summed E-state index contributed by atoms with van der Waals surface area (Å²) in [6, 6.07) is 22.2. The van der Waals surface area contributed by atoms with E-state index in [4.69, 9.17) is 0 Å². The number of aromatic nitrogens is 1. The van der Waals surface area contributed by atoms with Crippen molar-refractivity contribution in [3.05, 3.63) is 95.0 Å². The number of nitrogens with zero attached hydrogens (tertiary/aromatic N) is 2. The Labute approximate surface area is 224 Å². The number of sulfonamides is 1. The van der Waals surface area contributed by atoms with Crippen LogP contribution in [0.4, 0.5) is 0 Å². The molecule has 36 heavy (non-hydrogen) atoms. The van der Waals surface area contributed by atoms with Crippen LogP contribution in [0.1, 0.15) is 22.3 Å². The highest BCUT2D eigenvalue weighted by Gasteiger charge is 2.34. The third kappa shape index (κ3) is 7.00. The molecule has 1 fully saturated rings. The van der Waals surface area contributed by atoms with E-state index in [0.29, 0.717) is 18.7 Å². The number of aliphatic hydroxyl groups is 1. The second-order valence-electron chi connectivity index (χ2n) is 8.12. The van der Waals surface area contributed by atoms with Crippen molar-refractivity contribution in [2.75, 3.05) is 32.8 Å². The van der Waals surface area contributed by atoms with Gasteiger partial charge in [0.2, 0.25) is 10.0 Å². The molecule has 3 aromatic rings. The van der Waals surface area contributed by atoms with E-state index in [2.05, 4.69) is 4.98 Å². The van der Waals surface area contributed by atoms with Crippen LogP contribution in [0.3, 0.4) is 0 Å². The largest absolute Gasteiger partial charge is 1.00 e. The number of carbonyl (C=O) groups excluding carboxylic acids is 1. The topological polar surface area (TPSA) is 92.0 Å². The molecule has 1 aliphatic heterocycles. The predicted octanol–water partition coefficient (Wildman–Crippen LogP) is -0.732. The Kier molecular flexibility index (Phi) is 11.2. The van der Waals surface area contributed by atoms with E-state index in [0.717, 1.165) is 21.7 Å². The summed E-state index contributed by atoms with van der Waals surface area (Å²) >= 11 is 0. The Hall–Kier alpha value is -2.59. The fourth-order valence-electron chi connectivity index (χ4n) is 4.04. The second kappa shape index (κ2) is 13.6. The van der Waals surface area contributed by atoms with Crippen molar-refractivity contribution < 1.29 is 35.6 Å². The quantitative estimate of drug-likeness (QED) is 0.405. The van der Waals surface area contributed by atoms with Gasteiger partial charge in [-0.1, -0.05) is 48.5 Å². The summed E-state index contributed by atoms with van der Waals surface area (Å²) in [5.74, 6) is -0.0416. The average molecular weight is 551 g/mol. The normalized spacial score (nSPS) is 15.0. The first kappa shape index (κ1) is 29.6. The van der Waals surface area contributed by atoms with Gasteiger partial charge in [0, 0.05) is 24.8 Å². The molecule has 1 saturated heterocycles. The molecular formula is C26H29Cl2N3O4S. The zero-order chi connectivity index (χ0) is 24.0. The number of pyridine rings is 1. The molecule has 1 aromatic heterocycles. The Morgan fingerprint density at radius 3 is 2.19 bits per heavy atom. The van der Waals surface area contributed by atoms with Gasteiger partial charge in [-0.15, -0.1) is 12.4 Å². The molecule has 7 nitrogen and oxygen atoms in total. The summed E-state index contributed by atoms with van der Waals surface area (Å²) in [4.78, 5) is 18.3. The maximum absolute atomic E-state index is 13.2. The Morgan fingerprint density at radius 1 is 0.972 bits per heavy atom. The molecule has 192 valence electrons. The summed E-state index contributed by atoms with van der Waals surface area (Å²) in [6.07, 6.45) is 3.39. The lowest BCUT2D eigenvalue weighted by Crippen LogP contribution is -3.17. The third-order valence-electron chi connectivity index (χ3n) is 5.91. The first-order chi connectivity index (χ1) is 16.5. The molecule has 0 atom stereocenters. The molecule has 2 aromatic carbocycles. The van der Waals surface area contributed by atoms with Crippen molar-refractivity contribution in [3.8, 4) is 11.3 Å². The number of quaternary nitrogens is 1. The number of rotatable bonds is 7. The standard InChI is InChI=1S/C26H27N3O4S.2ClH/c30-19-13-24(20-21-6-2-1-3-7-21)34(32,33)29-17-15-28(16-18-29)26(31)23-11-9-22(10-12-23)25-8-4-5-14-27-25;;/h1-12,14,20,30H,13,15-19H2;2*1H/b24-20-;;. The molecule has 0 spiro atoms. The smallest absolute Gasteiger partial charge is 0.344 e. The summed E-state index contributed by atoms with van der Waals surface area (Å²) in [6.45, 7) is 1.01. The van der Waals surface area contributed by atoms with Gasteiger partial charge in [0.15, 0.2) is 0 Å². The molecule has 10 heteroatoms. The first-order valence-corrected chi connectivity index (χ1v) is 12.7. The highest BCUT2D eigenvalue weighted by Crippen LogP contribution is 2.21. The summed E-state index contributed by atoms with van der Waals surface area (Å²) < 4.78 is 27.9. The van der Waals surface area contributed by atoms with Crippen LogP contribution in [0.5, 0.6) is 0 Å². The zero-order valence-corrected chi connectivity index (χ0v) is 22.0. The van der Waals surface area contributed by atoms with Gasteiger partial charge in [-0.05, 0) is 35.9 Å². The van der Waals surface area contributed by atoms with Gasteiger partial charge in [-0.3, -0.25) is 9.88 Å². The van der Waals surface area contributed by atoms with Crippen molar-refractivity contribution in [2.24, 2.45) is 0 Å². The molecular weight excluding hydrogens is 521 g/mol. The van der Waals surface area contributed by atoms with E-state index < -0.39 is 10.0 Å². The fourth-order valence-corrected chi connectivity index (χ4v) is 5.67. The molecule has 0 bridgehead atoms. The number of hydrogen-bond acceptors (Lipinski definition) is 5. The van der Waals surface area contributed by atoms with Crippen molar-refractivity contribution >= 4 is 34.4 Å². The van der Waals surface area contributed by atoms with Crippen LogP contribution in [0.2, 0.25) is 0 Å². The van der Waals surface area contributed by atoms with Crippen molar-refractivity contribution in [3.63, 3.8) is 0 Å². The first-order valence-electron chi connectivity index (χ1n) is 11.3. The van der Waals surface area contributed by atoms with Crippen molar-refractivity contribution in [1.82, 2.24) is 9.29 Å². The maximum atomic E-state index is 13.2. The van der Waals surface area contributed by atoms with E-state index in [-0.39, 0.29) is 61.7 Å². The van der Waals surface area contributed by atoms with E-state index >= 15 is 0 Å². The number of carbonyl (C=O) groups is 1. The van der Waals surface area contributed by atoms with Crippen LogP contribution in [0.25, 0.3) is 17.3 Å². The summed E-state index contributed by atoms with van der Waals surface area (Å²) in [5.41, 5.74) is 3.14. The third-order valence-corrected chi connectivity index (χ3v) is 7.94. The van der Waals surface area contributed by atoms with Gasteiger partial charge in [0.05, 0.1) is 42.3 Å². The second-order valence-corrected chi connectivity index (χ2v) is 10.1. The number of halogens is 2. The minimum absolute atomic E-state index is 0. The fraction of sp³-hybridized carbons (Fsp3) is 0.231. The van der Waals surface area contributed by atoms with Gasteiger partial charge in [-0.25, -0.2) is 13.2 Å². The van der Waals surface area contributed by atoms with Gasteiger partial charge in [0.25, 0.3) is 0 Å². The Bertz CT molecular complexity index is 1250. The van der Waals surface area contributed by atoms with Crippen LogP contribution in [-0.4, -0.2) is 61.5 Å². The number of nitrogens with one attached hydrogen (secondary N) is 1. The molecule has 2 heterocycles. The predicted molar refractivity (Wildman–Crippen MR) is 139 cm³/mol. The Balaban J connectivity index is 0.00000228. The average Bonchev–Trinajstić information content (AvgIpc) is 2.89. The molecule has 4 rings (SSSR count). The van der Waals surface area contributed by atoms with Gasteiger partial charge in [0.1, 0.15) is 0 Å². The van der Waals surface area contributed by atoms with Gasteiger partial charge >= 0.3 is 5.91 Å². The number of amides is 1. The van der Waals surface area contributed by atoms with Crippen LogP contribution < -0.4 is 17.3 Å². The molecule has 2 N–H and O–H groups in total. The lowest BCUT2D eigenvalue weighted by atomic mass is 10.1. The van der Waals surface area contributed by atoms with Gasteiger partial charge in [-0.2, -0.15) is 4.31 Å². The minimum atomic E-state index is -3.73. The van der Waals surface area contributed by atoms with Crippen LogP contribution in [0, 0.1) is 0 Å². The van der Waals surface area contributed by atoms with E-state index in [1.54, 1.807) is 24.4 Å². The molecule has 1 aliphatic rings. The summed E-state index contributed by atoms with van der Waals surface area (Å²) in [7, 11) is -3.73. The number of hydrogen-bond donors (Lipinski definition) is 2. The van der Waals surface area contributed by atoms with Crippen molar-refractivity contribution in [1.29, 1.82) is 0 Å². The molecule has 0 saturated carbocycles. The van der Waals surface area contributed by atoms with Crippen LogP contribution in [-0.2, 0) is 10.0 Å². The summed E-state index contributed by atoms with van der Waals surface area (Å²) in [5, 5.41) is 9.43. The van der Waals surface area contributed by atoms with Crippen LogP contribution in [0.15, 0.2) is 83.9 Å². The van der Waals surface area contributed by atoms with E-state index in [1.807, 2.05) is 60.7 Å². The van der Waals surface area contributed by atoms with Crippen LogP contribution >= 0.6 is 12.4 Å². The molecule has 0 unspecified atom stereocenters. The van der Waals surface area contributed by atoms with E-state index in [1.165, 1.54) is 4.31 Å². The number of piperazine rings is 1. The molecule has 1 amide bonds. The highest BCUT2D eigenvalue weighted by atomic mass is 35.5. The van der Waals surface area contributed by atoms with E-state index in [9.17, 15) is 18.3 Å². The monoisotopic (exact) mass is 549 g/mol. The van der Waals surface area contributed by atoms with Gasteiger partial charge < -0.3 is 17.5 Å². The molecule has 0 radical (unpaired) electrons.